The summed E-state index contributed by atoms with van der Waals surface area (Å²) in [6, 6.07) is 11.2. The van der Waals surface area contributed by atoms with Crippen LogP contribution >= 0.6 is 0 Å². The third-order valence-corrected chi connectivity index (χ3v) is 3.80. The molecule has 2 N–H and O–H groups in total. The van der Waals surface area contributed by atoms with Crippen LogP contribution in [-0.4, -0.2) is 27.9 Å². The van der Waals surface area contributed by atoms with Gasteiger partial charge in [-0.3, -0.25) is 14.9 Å². The van der Waals surface area contributed by atoms with Crippen LogP contribution in [0, 0.1) is 10.1 Å². The lowest BCUT2D eigenvalue weighted by Crippen LogP contribution is -2.27. The Morgan fingerprint density at radius 1 is 1.32 bits per heavy atom. The van der Waals surface area contributed by atoms with Crippen molar-refractivity contribution < 1.29 is 14.5 Å². The first-order chi connectivity index (χ1) is 12.0. The SMILES string of the molecule is COc1ccc(C(=O)N[C@H](C)c2nc3ccccc3[nH]2)cc1[N+](=O)[O-]. The first-order valence-electron chi connectivity index (χ1n) is 7.57. The summed E-state index contributed by atoms with van der Waals surface area (Å²) in [6.45, 7) is 1.79. The monoisotopic (exact) mass is 340 g/mol. The number of benzene rings is 2. The lowest BCUT2D eigenvalue weighted by molar-refractivity contribution is -0.385. The Morgan fingerprint density at radius 2 is 2.08 bits per heavy atom. The minimum atomic E-state index is -0.585. The number of carbonyl (C=O) groups excluding carboxylic acids is 1. The fraction of sp³-hybridized carbons (Fsp3) is 0.176. The van der Waals surface area contributed by atoms with Gasteiger partial charge in [0.2, 0.25) is 0 Å². The number of para-hydroxylation sites is 2. The molecule has 0 aliphatic heterocycles. The molecule has 0 bridgehead atoms. The number of nitrogens with zero attached hydrogens (tertiary/aromatic N) is 2. The predicted molar refractivity (Wildman–Crippen MR) is 91.6 cm³/mol. The van der Waals surface area contributed by atoms with Crippen molar-refractivity contribution in [2.75, 3.05) is 7.11 Å². The van der Waals surface area contributed by atoms with Gasteiger partial charge in [0.15, 0.2) is 5.75 Å². The number of carbonyl (C=O) groups is 1. The van der Waals surface area contributed by atoms with E-state index in [4.69, 9.17) is 4.74 Å². The second-order valence-electron chi connectivity index (χ2n) is 5.48. The van der Waals surface area contributed by atoms with E-state index in [0.29, 0.717) is 5.82 Å². The van der Waals surface area contributed by atoms with E-state index in [-0.39, 0.29) is 23.0 Å². The van der Waals surface area contributed by atoms with Gasteiger partial charge in [0.1, 0.15) is 5.82 Å². The summed E-state index contributed by atoms with van der Waals surface area (Å²) in [5.41, 5.74) is 1.60. The quantitative estimate of drug-likeness (QED) is 0.548. The molecule has 0 saturated carbocycles. The normalized spacial score (nSPS) is 11.9. The van der Waals surface area contributed by atoms with Crippen LogP contribution in [0.3, 0.4) is 0 Å². The molecule has 0 spiro atoms. The van der Waals surface area contributed by atoms with Gasteiger partial charge in [0, 0.05) is 11.6 Å². The van der Waals surface area contributed by atoms with Crippen molar-refractivity contribution in [1.82, 2.24) is 15.3 Å². The molecular formula is C17H16N4O4. The summed E-state index contributed by atoms with van der Waals surface area (Å²) in [5.74, 6) is 0.281. The molecule has 3 rings (SSSR count). The van der Waals surface area contributed by atoms with Crippen LogP contribution in [0.15, 0.2) is 42.5 Å². The lowest BCUT2D eigenvalue weighted by atomic mass is 10.1. The van der Waals surface area contributed by atoms with E-state index in [1.807, 2.05) is 24.3 Å². The van der Waals surface area contributed by atoms with Gasteiger partial charge in [0.25, 0.3) is 5.91 Å². The van der Waals surface area contributed by atoms with Crippen LogP contribution in [0.5, 0.6) is 5.75 Å². The van der Waals surface area contributed by atoms with E-state index in [1.165, 1.54) is 25.3 Å². The molecular weight excluding hydrogens is 324 g/mol. The molecule has 0 aliphatic carbocycles. The first kappa shape index (κ1) is 16.4. The Morgan fingerprint density at radius 3 is 2.76 bits per heavy atom. The van der Waals surface area contributed by atoms with Crippen LogP contribution in [0.1, 0.15) is 29.1 Å². The van der Waals surface area contributed by atoms with Crippen molar-refractivity contribution in [3.05, 3.63) is 64.0 Å². The topological polar surface area (TPSA) is 110 Å². The average molecular weight is 340 g/mol. The third kappa shape index (κ3) is 3.27. The predicted octanol–water partition coefficient (Wildman–Crippen LogP) is 2.97. The number of nitro benzene ring substituents is 1. The van der Waals surface area contributed by atoms with E-state index in [1.54, 1.807) is 6.92 Å². The highest BCUT2D eigenvalue weighted by atomic mass is 16.6. The molecule has 1 atom stereocenters. The van der Waals surface area contributed by atoms with Crippen molar-refractivity contribution in [1.29, 1.82) is 0 Å². The molecule has 0 fully saturated rings. The molecule has 0 aliphatic rings. The van der Waals surface area contributed by atoms with Crippen molar-refractivity contribution in [3.63, 3.8) is 0 Å². The molecule has 2 aromatic carbocycles. The Bertz CT molecular complexity index is 918. The van der Waals surface area contributed by atoms with Crippen molar-refractivity contribution in [2.45, 2.75) is 13.0 Å². The molecule has 25 heavy (non-hydrogen) atoms. The Balaban J connectivity index is 1.81. The van der Waals surface area contributed by atoms with Gasteiger partial charge in [-0.25, -0.2) is 4.98 Å². The van der Waals surface area contributed by atoms with Crippen molar-refractivity contribution in [2.24, 2.45) is 0 Å². The summed E-state index contributed by atoms with van der Waals surface area (Å²) < 4.78 is 4.94. The highest BCUT2D eigenvalue weighted by Crippen LogP contribution is 2.27. The molecule has 1 amide bonds. The van der Waals surface area contributed by atoms with E-state index in [2.05, 4.69) is 15.3 Å². The maximum absolute atomic E-state index is 12.4. The number of fused-ring (bicyclic) bond motifs is 1. The van der Waals surface area contributed by atoms with Crippen LogP contribution < -0.4 is 10.1 Å². The Kier molecular flexibility index (Phi) is 4.34. The summed E-state index contributed by atoms with van der Waals surface area (Å²) in [5, 5.41) is 13.9. The zero-order valence-electron chi connectivity index (χ0n) is 13.6. The number of ether oxygens (including phenoxy) is 1. The summed E-state index contributed by atoms with van der Waals surface area (Å²) in [7, 11) is 1.34. The number of hydrogen-bond acceptors (Lipinski definition) is 5. The van der Waals surface area contributed by atoms with Crippen molar-refractivity contribution >= 4 is 22.6 Å². The average Bonchev–Trinajstić information content (AvgIpc) is 3.05. The highest BCUT2D eigenvalue weighted by Gasteiger charge is 2.20. The largest absolute Gasteiger partial charge is 0.490 e. The first-order valence-corrected chi connectivity index (χ1v) is 7.57. The van der Waals surface area contributed by atoms with E-state index in [9.17, 15) is 14.9 Å². The fourth-order valence-electron chi connectivity index (χ4n) is 2.50. The van der Waals surface area contributed by atoms with Gasteiger partial charge in [-0.05, 0) is 31.2 Å². The Hall–Kier alpha value is -3.42. The Labute approximate surface area is 143 Å². The number of aromatic amines is 1. The minimum absolute atomic E-state index is 0.104. The maximum Gasteiger partial charge on any atom is 0.311 e. The minimum Gasteiger partial charge on any atom is -0.490 e. The van der Waals surface area contributed by atoms with Crippen LogP contribution in [0.25, 0.3) is 11.0 Å². The number of rotatable bonds is 5. The highest BCUT2D eigenvalue weighted by molar-refractivity contribution is 5.95. The zero-order chi connectivity index (χ0) is 18.0. The molecule has 128 valence electrons. The van der Waals surface area contributed by atoms with E-state index in [0.717, 1.165) is 11.0 Å². The van der Waals surface area contributed by atoms with Crippen LogP contribution in [0.4, 0.5) is 5.69 Å². The standard InChI is InChI=1S/C17H16N4O4/c1-10(16-19-12-5-3-4-6-13(12)20-16)18-17(22)11-7-8-15(25-2)14(9-11)21(23)24/h3-10H,1-2H3,(H,18,22)(H,19,20)/t10-/m1/s1. The lowest BCUT2D eigenvalue weighted by Gasteiger charge is -2.12. The molecule has 0 unspecified atom stereocenters. The smallest absolute Gasteiger partial charge is 0.311 e. The van der Waals surface area contributed by atoms with Gasteiger partial charge in [-0.2, -0.15) is 0 Å². The number of nitro groups is 1. The number of imidazole rings is 1. The van der Waals surface area contributed by atoms with Gasteiger partial charge in [0.05, 0.1) is 29.1 Å². The second kappa shape index (κ2) is 6.60. The van der Waals surface area contributed by atoms with E-state index < -0.39 is 10.8 Å². The third-order valence-electron chi connectivity index (χ3n) is 3.80. The number of methoxy groups -OCH3 is 1. The molecule has 8 heteroatoms. The molecule has 0 radical (unpaired) electrons. The number of aromatic nitrogens is 2. The van der Waals surface area contributed by atoms with Gasteiger partial charge < -0.3 is 15.0 Å². The van der Waals surface area contributed by atoms with Crippen LogP contribution in [0.2, 0.25) is 0 Å². The molecule has 0 saturated heterocycles. The summed E-state index contributed by atoms with van der Waals surface area (Å²) in [4.78, 5) is 30.5. The van der Waals surface area contributed by atoms with Gasteiger partial charge >= 0.3 is 5.69 Å². The number of nitrogens with one attached hydrogen (secondary N) is 2. The van der Waals surface area contributed by atoms with Gasteiger partial charge in [-0.15, -0.1) is 0 Å². The van der Waals surface area contributed by atoms with Crippen molar-refractivity contribution in [3.8, 4) is 5.75 Å². The second-order valence-corrected chi connectivity index (χ2v) is 5.48. The summed E-state index contributed by atoms with van der Waals surface area (Å²) in [6.07, 6.45) is 0. The van der Waals surface area contributed by atoms with Gasteiger partial charge in [-0.1, -0.05) is 12.1 Å². The molecule has 1 aromatic heterocycles. The molecule has 1 heterocycles. The number of H-pyrrole nitrogens is 1. The molecule has 8 nitrogen and oxygen atoms in total. The number of amides is 1. The van der Waals surface area contributed by atoms with E-state index >= 15 is 0 Å². The number of hydrogen-bond donors (Lipinski definition) is 2. The maximum atomic E-state index is 12.4. The van der Waals surface area contributed by atoms with Crippen LogP contribution in [-0.2, 0) is 0 Å². The zero-order valence-corrected chi connectivity index (χ0v) is 13.6. The molecule has 3 aromatic rings. The fourth-order valence-corrected chi connectivity index (χ4v) is 2.50. The summed E-state index contributed by atoms with van der Waals surface area (Å²) >= 11 is 0.